The third kappa shape index (κ3) is 3.59. The highest BCUT2D eigenvalue weighted by molar-refractivity contribution is 7.15. The van der Waals surface area contributed by atoms with Crippen molar-refractivity contribution in [2.24, 2.45) is 0 Å². The first-order chi connectivity index (χ1) is 12.1. The minimum atomic E-state index is -0.547. The fourth-order valence-electron chi connectivity index (χ4n) is 2.39. The number of hydrogen-bond acceptors (Lipinski definition) is 4. The Morgan fingerprint density at radius 3 is 2.52 bits per heavy atom. The summed E-state index contributed by atoms with van der Waals surface area (Å²) >= 11 is 1.22. The van der Waals surface area contributed by atoms with E-state index in [2.05, 4.69) is 5.32 Å². The van der Waals surface area contributed by atoms with Crippen LogP contribution in [0.25, 0.3) is 11.1 Å². The quantitative estimate of drug-likeness (QED) is 0.696. The Morgan fingerprint density at radius 1 is 1.08 bits per heavy atom. The van der Waals surface area contributed by atoms with Crippen LogP contribution in [-0.4, -0.2) is 19.0 Å². The molecule has 1 aromatic heterocycles. The van der Waals surface area contributed by atoms with Crippen LogP contribution in [0, 0.1) is 5.82 Å². The Bertz CT molecular complexity index is 921. The number of carbonyl (C=O) groups is 2. The second-order valence-electron chi connectivity index (χ2n) is 5.18. The van der Waals surface area contributed by atoms with Crippen LogP contribution in [0.4, 0.5) is 9.39 Å². The van der Waals surface area contributed by atoms with Crippen molar-refractivity contribution in [2.75, 3.05) is 12.4 Å². The number of benzene rings is 2. The summed E-state index contributed by atoms with van der Waals surface area (Å²) < 4.78 is 18.2. The molecule has 4 nitrogen and oxygen atoms in total. The molecule has 0 saturated heterocycles. The molecule has 0 aliphatic heterocycles. The zero-order chi connectivity index (χ0) is 17.8. The molecule has 0 fully saturated rings. The summed E-state index contributed by atoms with van der Waals surface area (Å²) in [6.45, 7) is 0. The first kappa shape index (κ1) is 16.9. The normalized spacial score (nSPS) is 10.3. The zero-order valence-electron chi connectivity index (χ0n) is 13.3. The SMILES string of the molecule is COC(=O)c1c(-c2ccccc2)csc1NC(=O)c1cccc(F)c1. The molecule has 25 heavy (non-hydrogen) atoms. The molecule has 0 aliphatic carbocycles. The van der Waals surface area contributed by atoms with Gasteiger partial charge in [-0.05, 0) is 23.8 Å². The molecule has 3 rings (SSSR count). The molecule has 0 atom stereocenters. The standard InChI is InChI=1S/C19H14FNO3S/c1-24-19(23)16-15(12-6-3-2-4-7-12)11-25-18(16)21-17(22)13-8-5-9-14(20)10-13/h2-11H,1H3,(H,21,22). The van der Waals surface area contributed by atoms with E-state index in [0.717, 1.165) is 11.6 Å². The molecule has 0 saturated carbocycles. The van der Waals surface area contributed by atoms with Crippen LogP contribution >= 0.6 is 11.3 Å². The summed E-state index contributed by atoms with van der Waals surface area (Å²) in [7, 11) is 1.28. The number of ether oxygens (including phenoxy) is 1. The van der Waals surface area contributed by atoms with Crippen molar-refractivity contribution in [2.45, 2.75) is 0 Å². The summed E-state index contributed by atoms with van der Waals surface area (Å²) in [5.41, 5.74) is 1.96. The molecular weight excluding hydrogens is 341 g/mol. The van der Waals surface area contributed by atoms with Crippen LogP contribution in [0.3, 0.4) is 0 Å². The van der Waals surface area contributed by atoms with Crippen molar-refractivity contribution in [3.05, 3.63) is 76.9 Å². The second kappa shape index (κ2) is 7.27. The lowest BCUT2D eigenvalue weighted by molar-refractivity contribution is 0.0603. The van der Waals surface area contributed by atoms with Gasteiger partial charge in [0.15, 0.2) is 0 Å². The first-order valence-corrected chi connectivity index (χ1v) is 8.30. The van der Waals surface area contributed by atoms with E-state index in [1.54, 1.807) is 5.38 Å². The maximum atomic E-state index is 13.3. The molecule has 3 aromatic rings. The van der Waals surface area contributed by atoms with E-state index < -0.39 is 17.7 Å². The third-order valence-electron chi connectivity index (χ3n) is 3.58. The van der Waals surface area contributed by atoms with Crippen LogP contribution < -0.4 is 5.32 Å². The Labute approximate surface area is 147 Å². The lowest BCUT2D eigenvalue weighted by atomic mass is 10.0. The van der Waals surface area contributed by atoms with Gasteiger partial charge in [-0.25, -0.2) is 9.18 Å². The van der Waals surface area contributed by atoms with Gasteiger partial charge in [0.05, 0.1) is 7.11 Å². The van der Waals surface area contributed by atoms with Crippen molar-refractivity contribution in [3.63, 3.8) is 0 Å². The highest BCUT2D eigenvalue weighted by atomic mass is 32.1. The number of methoxy groups -OCH3 is 1. The van der Waals surface area contributed by atoms with E-state index in [0.29, 0.717) is 10.6 Å². The molecule has 0 bridgehead atoms. The number of hydrogen-bond donors (Lipinski definition) is 1. The fraction of sp³-hybridized carbons (Fsp3) is 0.0526. The lowest BCUT2D eigenvalue weighted by Gasteiger charge is -2.08. The van der Waals surface area contributed by atoms with E-state index in [9.17, 15) is 14.0 Å². The largest absolute Gasteiger partial charge is 0.465 e. The van der Waals surface area contributed by atoms with Gasteiger partial charge >= 0.3 is 5.97 Å². The number of nitrogens with one attached hydrogen (secondary N) is 1. The molecule has 1 N–H and O–H groups in total. The predicted molar refractivity (Wildman–Crippen MR) is 95.4 cm³/mol. The predicted octanol–water partition coefficient (Wildman–Crippen LogP) is 4.59. The van der Waals surface area contributed by atoms with E-state index >= 15 is 0 Å². The summed E-state index contributed by atoms with van der Waals surface area (Å²) in [6, 6.07) is 14.7. The van der Waals surface area contributed by atoms with Crippen LogP contribution in [0.2, 0.25) is 0 Å². The summed E-state index contributed by atoms with van der Waals surface area (Å²) in [6.07, 6.45) is 0. The molecule has 0 aliphatic rings. The number of anilines is 1. The summed E-state index contributed by atoms with van der Waals surface area (Å²) in [4.78, 5) is 24.6. The summed E-state index contributed by atoms with van der Waals surface area (Å²) in [5, 5.41) is 4.81. The van der Waals surface area contributed by atoms with Crippen molar-refractivity contribution in [3.8, 4) is 11.1 Å². The van der Waals surface area contributed by atoms with Gasteiger partial charge in [-0.1, -0.05) is 36.4 Å². The average molecular weight is 355 g/mol. The number of amides is 1. The number of esters is 1. The number of carbonyl (C=O) groups excluding carboxylic acids is 2. The Morgan fingerprint density at radius 2 is 1.84 bits per heavy atom. The lowest BCUT2D eigenvalue weighted by Crippen LogP contribution is -2.14. The van der Waals surface area contributed by atoms with Gasteiger partial charge in [0.1, 0.15) is 16.4 Å². The minimum Gasteiger partial charge on any atom is -0.465 e. The minimum absolute atomic E-state index is 0.172. The zero-order valence-corrected chi connectivity index (χ0v) is 14.1. The topological polar surface area (TPSA) is 55.4 Å². The van der Waals surface area contributed by atoms with Crippen LogP contribution in [-0.2, 0) is 4.74 Å². The Hall–Kier alpha value is -2.99. The maximum Gasteiger partial charge on any atom is 0.341 e. The average Bonchev–Trinajstić information content (AvgIpc) is 3.05. The molecule has 0 unspecified atom stereocenters. The fourth-order valence-corrected chi connectivity index (χ4v) is 3.34. The Kier molecular flexibility index (Phi) is 4.90. The molecule has 1 amide bonds. The molecule has 6 heteroatoms. The van der Waals surface area contributed by atoms with Crippen LogP contribution in [0.15, 0.2) is 60.0 Å². The first-order valence-electron chi connectivity index (χ1n) is 7.42. The number of halogens is 1. The highest BCUT2D eigenvalue weighted by Crippen LogP contribution is 2.36. The van der Waals surface area contributed by atoms with Gasteiger partial charge in [0, 0.05) is 16.5 Å². The van der Waals surface area contributed by atoms with Gasteiger partial charge in [0.25, 0.3) is 5.91 Å². The van der Waals surface area contributed by atoms with Crippen molar-refractivity contribution in [1.82, 2.24) is 0 Å². The molecule has 0 radical (unpaired) electrons. The van der Waals surface area contributed by atoms with E-state index in [1.807, 2.05) is 30.3 Å². The van der Waals surface area contributed by atoms with Crippen molar-refractivity contribution in [1.29, 1.82) is 0 Å². The summed E-state index contributed by atoms with van der Waals surface area (Å²) in [5.74, 6) is -1.54. The van der Waals surface area contributed by atoms with E-state index in [-0.39, 0.29) is 11.1 Å². The molecule has 2 aromatic carbocycles. The van der Waals surface area contributed by atoms with E-state index in [4.69, 9.17) is 4.74 Å². The molecular formula is C19H14FNO3S. The van der Waals surface area contributed by atoms with Crippen LogP contribution in [0.1, 0.15) is 20.7 Å². The van der Waals surface area contributed by atoms with Gasteiger partial charge in [-0.2, -0.15) is 0 Å². The Balaban J connectivity index is 1.98. The van der Waals surface area contributed by atoms with Gasteiger partial charge in [-0.3, -0.25) is 4.79 Å². The van der Waals surface area contributed by atoms with Gasteiger partial charge < -0.3 is 10.1 Å². The smallest absolute Gasteiger partial charge is 0.341 e. The van der Waals surface area contributed by atoms with E-state index in [1.165, 1.54) is 36.6 Å². The number of rotatable bonds is 4. The van der Waals surface area contributed by atoms with Crippen molar-refractivity contribution >= 4 is 28.2 Å². The number of thiophene rings is 1. The third-order valence-corrected chi connectivity index (χ3v) is 4.47. The highest BCUT2D eigenvalue weighted by Gasteiger charge is 2.22. The van der Waals surface area contributed by atoms with Gasteiger partial charge in [-0.15, -0.1) is 11.3 Å². The molecule has 126 valence electrons. The van der Waals surface area contributed by atoms with Gasteiger partial charge in [0.2, 0.25) is 0 Å². The van der Waals surface area contributed by atoms with Crippen molar-refractivity contribution < 1.29 is 18.7 Å². The maximum absolute atomic E-state index is 13.3. The second-order valence-corrected chi connectivity index (χ2v) is 6.06. The monoisotopic (exact) mass is 355 g/mol. The molecule has 0 spiro atoms. The van der Waals surface area contributed by atoms with Crippen LogP contribution in [0.5, 0.6) is 0 Å². The molecule has 1 heterocycles.